The van der Waals surface area contributed by atoms with E-state index in [0.29, 0.717) is 35.5 Å². The highest BCUT2D eigenvalue weighted by Gasteiger charge is 2.45. The van der Waals surface area contributed by atoms with E-state index in [2.05, 4.69) is 30.3 Å². The highest BCUT2D eigenvalue weighted by molar-refractivity contribution is 5.85. The Morgan fingerprint density at radius 3 is 2.85 bits per heavy atom. The lowest BCUT2D eigenvalue weighted by Crippen LogP contribution is -2.77. The van der Waals surface area contributed by atoms with Crippen molar-refractivity contribution in [3.05, 3.63) is 29.7 Å². The molecule has 0 bridgehead atoms. The van der Waals surface area contributed by atoms with E-state index in [0.717, 1.165) is 36.6 Å². The minimum absolute atomic E-state index is 0.137. The summed E-state index contributed by atoms with van der Waals surface area (Å²) in [5, 5.41) is 7.78. The molecular weight excluding hydrogens is 346 g/mol. The molecule has 2 aliphatic rings. The third kappa shape index (κ3) is 2.64. The Morgan fingerprint density at radius 1 is 1.26 bits per heavy atom. The second-order valence-corrected chi connectivity index (χ2v) is 7.00. The Kier molecular flexibility index (Phi) is 3.62. The molecule has 2 atom stereocenters. The average Bonchev–Trinajstić information content (AvgIpc) is 3.02. The van der Waals surface area contributed by atoms with Gasteiger partial charge in [-0.15, -0.1) is 0 Å². The number of aromatic nitrogens is 5. The highest BCUT2D eigenvalue weighted by Crippen LogP contribution is 2.28. The van der Waals surface area contributed by atoms with Gasteiger partial charge in [0.1, 0.15) is 16.8 Å². The summed E-state index contributed by atoms with van der Waals surface area (Å²) in [5.74, 6) is 1.22. The minimum atomic E-state index is 0.137. The van der Waals surface area contributed by atoms with Crippen molar-refractivity contribution in [3.63, 3.8) is 0 Å². The molecule has 0 amide bonds. The maximum Gasteiger partial charge on any atom is 0.222 e. The van der Waals surface area contributed by atoms with E-state index in [1.165, 1.54) is 0 Å². The van der Waals surface area contributed by atoms with Crippen LogP contribution in [-0.4, -0.2) is 61.9 Å². The number of rotatable bonds is 5. The number of piperazine rings is 1. The van der Waals surface area contributed by atoms with Crippen LogP contribution in [0.15, 0.2) is 18.5 Å². The van der Waals surface area contributed by atoms with E-state index >= 15 is 0 Å². The lowest BCUT2D eigenvalue weighted by molar-refractivity contribution is -0.0245. The van der Waals surface area contributed by atoms with E-state index in [4.69, 9.17) is 16.2 Å². The topological polar surface area (TPSA) is 133 Å². The largest absolute Gasteiger partial charge is 0.496 e. The first-order chi connectivity index (χ1) is 13.1. The van der Waals surface area contributed by atoms with Crippen LogP contribution in [0, 0.1) is 0 Å². The first-order valence-corrected chi connectivity index (χ1v) is 8.86. The van der Waals surface area contributed by atoms with Crippen LogP contribution in [0.1, 0.15) is 11.3 Å². The van der Waals surface area contributed by atoms with Gasteiger partial charge in [-0.2, -0.15) is 10.1 Å². The molecular formula is C17H21N9O. The van der Waals surface area contributed by atoms with Crippen molar-refractivity contribution < 1.29 is 4.74 Å². The monoisotopic (exact) mass is 367 g/mol. The molecule has 27 heavy (non-hydrogen) atoms. The quantitative estimate of drug-likeness (QED) is 0.551. The zero-order valence-electron chi connectivity index (χ0n) is 15.0. The van der Waals surface area contributed by atoms with Gasteiger partial charge < -0.3 is 21.5 Å². The number of nitrogens with one attached hydrogen (secondary N) is 1. The summed E-state index contributed by atoms with van der Waals surface area (Å²) in [4.78, 5) is 15.3. The van der Waals surface area contributed by atoms with Gasteiger partial charge in [0, 0.05) is 49.5 Å². The maximum absolute atomic E-state index is 6.01. The summed E-state index contributed by atoms with van der Waals surface area (Å²) in [6.45, 7) is 3.44. The predicted molar refractivity (Wildman–Crippen MR) is 100 cm³/mol. The zero-order valence-corrected chi connectivity index (χ0v) is 15.0. The summed E-state index contributed by atoms with van der Waals surface area (Å²) in [5.41, 5.74) is 14.8. The Labute approximate surface area is 155 Å². The third-order valence-electron chi connectivity index (χ3n) is 5.39. The molecule has 5 rings (SSSR count). The van der Waals surface area contributed by atoms with Crippen molar-refractivity contribution >= 4 is 22.8 Å². The van der Waals surface area contributed by atoms with Gasteiger partial charge >= 0.3 is 0 Å². The van der Waals surface area contributed by atoms with Gasteiger partial charge in [-0.05, 0) is 0 Å². The van der Waals surface area contributed by atoms with Gasteiger partial charge in [-0.3, -0.25) is 14.6 Å². The number of nitrogens with two attached hydrogens (primary N) is 2. The second-order valence-electron chi connectivity index (χ2n) is 7.00. The molecule has 5 N–H and O–H groups in total. The number of ether oxygens (including phenoxy) is 1. The van der Waals surface area contributed by atoms with E-state index in [-0.39, 0.29) is 5.95 Å². The molecule has 0 aliphatic carbocycles. The molecule has 2 saturated heterocycles. The summed E-state index contributed by atoms with van der Waals surface area (Å²) < 4.78 is 7.34. The fourth-order valence-electron chi connectivity index (χ4n) is 3.83. The number of hydrogen-bond acceptors (Lipinski definition) is 9. The van der Waals surface area contributed by atoms with Crippen molar-refractivity contribution in [3.8, 4) is 5.75 Å². The van der Waals surface area contributed by atoms with Crippen molar-refractivity contribution in [1.82, 2.24) is 34.9 Å². The first-order valence-electron chi connectivity index (χ1n) is 8.86. The number of methoxy groups -OCH3 is 1. The molecule has 10 heteroatoms. The number of nitrogens with zero attached hydrogens (tertiary/aromatic N) is 6. The maximum atomic E-state index is 6.01. The van der Waals surface area contributed by atoms with Gasteiger partial charge in [0.2, 0.25) is 5.95 Å². The molecule has 0 saturated carbocycles. The standard InChI is InChI=1S/C17H21N9O/c1-27-14-2-10(7-25-8-12-13(25)5-21-12)20-3-9(14)6-26-15-11(4-22-26)23-17(19)24-16(15)18/h2-4,12-13,21H,5-8H2,1H3,(H4,18,19,23,24). The minimum Gasteiger partial charge on any atom is -0.496 e. The van der Waals surface area contributed by atoms with Gasteiger partial charge in [0.25, 0.3) is 0 Å². The molecule has 3 aromatic rings. The zero-order chi connectivity index (χ0) is 18.5. The fourth-order valence-corrected chi connectivity index (χ4v) is 3.83. The smallest absolute Gasteiger partial charge is 0.222 e. The number of fused-ring (bicyclic) bond motifs is 2. The van der Waals surface area contributed by atoms with Gasteiger partial charge in [-0.25, -0.2) is 4.98 Å². The van der Waals surface area contributed by atoms with Crippen LogP contribution >= 0.6 is 0 Å². The van der Waals surface area contributed by atoms with Crippen molar-refractivity contribution in [2.24, 2.45) is 0 Å². The molecule has 2 aliphatic heterocycles. The van der Waals surface area contributed by atoms with Crippen LogP contribution in [0.5, 0.6) is 5.75 Å². The number of anilines is 2. The van der Waals surface area contributed by atoms with Crippen LogP contribution < -0.4 is 21.5 Å². The molecule has 2 fully saturated rings. The van der Waals surface area contributed by atoms with Crippen LogP contribution in [0.25, 0.3) is 11.0 Å². The van der Waals surface area contributed by atoms with Gasteiger partial charge in [0.05, 0.1) is 25.5 Å². The Hall–Kier alpha value is -2.98. The van der Waals surface area contributed by atoms with Crippen molar-refractivity contribution in [2.45, 2.75) is 25.2 Å². The fraction of sp³-hybridized carbons (Fsp3) is 0.412. The molecule has 0 aromatic carbocycles. The number of pyridine rings is 1. The summed E-state index contributed by atoms with van der Waals surface area (Å²) in [6, 6.07) is 3.32. The SMILES string of the molecule is COc1cc(CN2CC3NCC32)ncc1Cn1ncc2nc(N)nc(N)c21. The second kappa shape index (κ2) is 6.03. The van der Waals surface area contributed by atoms with Crippen LogP contribution in [-0.2, 0) is 13.1 Å². The number of nitrogen functional groups attached to an aromatic ring is 2. The third-order valence-corrected chi connectivity index (χ3v) is 5.39. The molecule has 10 nitrogen and oxygen atoms in total. The molecule has 5 heterocycles. The lowest BCUT2D eigenvalue weighted by Gasteiger charge is -2.56. The Morgan fingerprint density at radius 2 is 2.15 bits per heavy atom. The molecule has 2 unspecified atom stereocenters. The van der Waals surface area contributed by atoms with Crippen molar-refractivity contribution in [1.29, 1.82) is 0 Å². The predicted octanol–water partition coefficient (Wildman–Crippen LogP) is -0.401. The summed E-state index contributed by atoms with van der Waals surface area (Å²) in [7, 11) is 1.66. The van der Waals surface area contributed by atoms with Crippen LogP contribution in [0.2, 0.25) is 0 Å². The summed E-state index contributed by atoms with van der Waals surface area (Å²) >= 11 is 0. The molecule has 0 radical (unpaired) electrons. The molecule has 140 valence electrons. The lowest BCUT2D eigenvalue weighted by atomic mass is 9.88. The van der Waals surface area contributed by atoms with Gasteiger partial charge in [-0.1, -0.05) is 0 Å². The van der Waals surface area contributed by atoms with E-state index in [9.17, 15) is 0 Å². The Bertz CT molecular complexity index is 1020. The number of likely N-dealkylation sites (tertiary alicyclic amines) is 1. The van der Waals surface area contributed by atoms with Crippen LogP contribution in [0.3, 0.4) is 0 Å². The highest BCUT2D eigenvalue weighted by atomic mass is 16.5. The first kappa shape index (κ1) is 16.2. The average molecular weight is 367 g/mol. The van der Waals surface area contributed by atoms with Crippen LogP contribution in [0.4, 0.5) is 11.8 Å². The molecule has 0 spiro atoms. The van der Waals surface area contributed by atoms with Gasteiger partial charge in [0.15, 0.2) is 5.82 Å². The van der Waals surface area contributed by atoms with E-state index in [1.807, 2.05) is 12.3 Å². The number of hydrogen-bond donors (Lipinski definition) is 3. The normalized spacial score (nSPS) is 21.5. The Balaban J connectivity index is 1.40. The van der Waals surface area contributed by atoms with Crippen molar-refractivity contribution in [2.75, 3.05) is 31.7 Å². The van der Waals surface area contributed by atoms with E-state index in [1.54, 1.807) is 18.0 Å². The van der Waals surface area contributed by atoms with E-state index < -0.39 is 0 Å². The summed E-state index contributed by atoms with van der Waals surface area (Å²) in [6.07, 6.45) is 3.47. The molecule has 3 aromatic heterocycles.